The second kappa shape index (κ2) is 7.87. The van der Waals surface area contributed by atoms with Gasteiger partial charge in [-0.1, -0.05) is 26.7 Å². The van der Waals surface area contributed by atoms with Gasteiger partial charge in [0, 0.05) is 25.2 Å². The topological polar surface area (TPSA) is 41.6 Å². The molecule has 0 bridgehead atoms. The molecule has 0 saturated carbocycles. The Balaban J connectivity index is 2.40. The van der Waals surface area contributed by atoms with Gasteiger partial charge in [-0.15, -0.1) is 0 Å². The van der Waals surface area contributed by atoms with E-state index in [0.29, 0.717) is 12.1 Å². The molecule has 1 atom stereocenters. The fraction of sp³-hybridized carbons (Fsp3) is 0.938. The van der Waals surface area contributed by atoms with Gasteiger partial charge in [-0.05, 0) is 40.0 Å². The lowest BCUT2D eigenvalue weighted by atomic mass is 10.1. The van der Waals surface area contributed by atoms with E-state index in [-0.39, 0.29) is 6.09 Å². The summed E-state index contributed by atoms with van der Waals surface area (Å²) in [7, 11) is 0. The van der Waals surface area contributed by atoms with Crippen LogP contribution in [-0.4, -0.2) is 41.8 Å². The van der Waals surface area contributed by atoms with Crippen LogP contribution in [0, 0.1) is 0 Å². The zero-order chi connectivity index (χ0) is 15.2. The van der Waals surface area contributed by atoms with Gasteiger partial charge in [0.2, 0.25) is 0 Å². The second-order valence-corrected chi connectivity index (χ2v) is 6.85. The lowest BCUT2D eigenvalue weighted by molar-refractivity contribution is 0.0290. The summed E-state index contributed by atoms with van der Waals surface area (Å²) in [5.41, 5.74) is -0.407. The minimum Gasteiger partial charge on any atom is -0.444 e. The third-order valence-electron chi connectivity index (χ3n) is 3.59. The van der Waals surface area contributed by atoms with Gasteiger partial charge in [-0.3, -0.25) is 0 Å². The first kappa shape index (κ1) is 17.3. The molecule has 1 saturated heterocycles. The first-order valence-electron chi connectivity index (χ1n) is 8.09. The summed E-state index contributed by atoms with van der Waals surface area (Å²) < 4.78 is 5.43. The smallest absolute Gasteiger partial charge is 0.410 e. The summed E-state index contributed by atoms with van der Waals surface area (Å²) in [5, 5.41) is 3.72. The van der Waals surface area contributed by atoms with Crippen LogP contribution in [0.3, 0.4) is 0 Å². The van der Waals surface area contributed by atoms with Crippen LogP contribution in [0.15, 0.2) is 0 Å². The van der Waals surface area contributed by atoms with Crippen LogP contribution < -0.4 is 5.32 Å². The standard InChI is InChI=1S/C16H32N2O2/c1-6-8-13(9-7-2)17-14-10-11-18(12-14)15(19)20-16(3,4)5/h13-14,17H,6-12H2,1-5H3. The lowest BCUT2D eigenvalue weighted by Crippen LogP contribution is -2.42. The van der Waals surface area contributed by atoms with E-state index >= 15 is 0 Å². The van der Waals surface area contributed by atoms with Gasteiger partial charge < -0.3 is 15.0 Å². The molecular formula is C16H32N2O2. The highest BCUT2D eigenvalue weighted by molar-refractivity contribution is 5.68. The van der Waals surface area contributed by atoms with Crippen molar-refractivity contribution >= 4 is 6.09 Å². The Labute approximate surface area is 124 Å². The van der Waals surface area contributed by atoms with Crippen molar-refractivity contribution in [3.63, 3.8) is 0 Å². The fourth-order valence-corrected chi connectivity index (χ4v) is 2.73. The minimum absolute atomic E-state index is 0.177. The van der Waals surface area contributed by atoms with Crippen molar-refractivity contribution in [3.05, 3.63) is 0 Å². The molecule has 0 radical (unpaired) electrons. The molecule has 0 aromatic heterocycles. The van der Waals surface area contributed by atoms with Gasteiger partial charge in [0.15, 0.2) is 0 Å². The number of likely N-dealkylation sites (tertiary alicyclic amines) is 1. The van der Waals surface area contributed by atoms with Crippen LogP contribution in [-0.2, 0) is 4.74 Å². The molecule has 1 rings (SSSR count). The Bertz CT molecular complexity index is 293. The van der Waals surface area contributed by atoms with Gasteiger partial charge in [-0.2, -0.15) is 0 Å². The largest absolute Gasteiger partial charge is 0.444 e. The van der Waals surface area contributed by atoms with Crippen molar-refractivity contribution in [2.45, 2.75) is 84.4 Å². The summed E-state index contributed by atoms with van der Waals surface area (Å²) >= 11 is 0. The fourth-order valence-electron chi connectivity index (χ4n) is 2.73. The Morgan fingerprint density at radius 3 is 2.40 bits per heavy atom. The maximum Gasteiger partial charge on any atom is 0.410 e. The number of nitrogens with zero attached hydrogens (tertiary/aromatic N) is 1. The highest BCUT2D eigenvalue weighted by Crippen LogP contribution is 2.17. The third-order valence-corrected chi connectivity index (χ3v) is 3.59. The van der Waals surface area contributed by atoms with Crippen molar-refractivity contribution < 1.29 is 9.53 Å². The number of hydrogen-bond donors (Lipinski definition) is 1. The van der Waals surface area contributed by atoms with Crippen LogP contribution in [0.1, 0.15) is 66.7 Å². The summed E-state index contributed by atoms with van der Waals surface area (Å²) in [6.07, 6.45) is 5.71. The van der Waals surface area contributed by atoms with E-state index in [2.05, 4.69) is 19.2 Å². The number of hydrogen-bond acceptors (Lipinski definition) is 3. The number of amides is 1. The van der Waals surface area contributed by atoms with Gasteiger partial charge in [-0.25, -0.2) is 4.79 Å². The average molecular weight is 284 g/mol. The number of rotatable bonds is 6. The van der Waals surface area contributed by atoms with Crippen molar-refractivity contribution in [1.82, 2.24) is 10.2 Å². The van der Waals surface area contributed by atoms with Gasteiger partial charge in [0.05, 0.1) is 0 Å². The van der Waals surface area contributed by atoms with E-state index in [1.165, 1.54) is 25.7 Å². The molecule has 0 aromatic carbocycles. The normalized spacial score (nSPS) is 19.7. The first-order chi connectivity index (χ1) is 9.35. The van der Waals surface area contributed by atoms with Crippen LogP contribution in [0.25, 0.3) is 0 Å². The van der Waals surface area contributed by atoms with E-state index in [9.17, 15) is 4.79 Å². The Morgan fingerprint density at radius 1 is 1.30 bits per heavy atom. The van der Waals surface area contributed by atoms with Gasteiger partial charge in [0.25, 0.3) is 0 Å². The van der Waals surface area contributed by atoms with Gasteiger partial charge >= 0.3 is 6.09 Å². The van der Waals surface area contributed by atoms with Crippen LogP contribution in [0.5, 0.6) is 0 Å². The number of carbonyl (C=O) groups excluding carboxylic acids is 1. The summed E-state index contributed by atoms with van der Waals surface area (Å²) in [5.74, 6) is 0. The molecule has 0 aromatic rings. The zero-order valence-corrected chi connectivity index (χ0v) is 13.9. The maximum absolute atomic E-state index is 12.0. The summed E-state index contributed by atoms with van der Waals surface area (Å²) in [4.78, 5) is 13.9. The molecular weight excluding hydrogens is 252 g/mol. The van der Waals surface area contributed by atoms with Crippen LogP contribution in [0.4, 0.5) is 4.79 Å². The van der Waals surface area contributed by atoms with E-state index in [1.54, 1.807) is 0 Å². The van der Waals surface area contributed by atoms with Gasteiger partial charge in [0.1, 0.15) is 5.60 Å². The predicted octanol–water partition coefficient (Wildman–Crippen LogP) is 3.55. The molecule has 1 N–H and O–H groups in total. The maximum atomic E-state index is 12.0. The third kappa shape index (κ3) is 6.12. The molecule has 4 nitrogen and oxygen atoms in total. The molecule has 1 heterocycles. The summed E-state index contributed by atoms with van der Waals surface area (Å²) in [6.45, 7) is 11.8. The van der Waals surface area contributed by atoms with Crippen molar-refractivity contribution in [1.29, 1.82) is 0 Å². The zero-order valence-electron chi connectivity index (χ0n) is 13.9. The van der Waals surface area contributed by atoms with E-state index < -0.39 is 5.60 Å². The molecule has 1 fully saturated rings. The quantitative estimate of drug-likeness (QED) is 0.811. The molecule has 20 heavy (non-hydrogen) atoms. The summed E-state index contributed by atoms with van der Waals surface area (Å²) in [6, 6.07) is 1.01. The highest BCUT2D eigenvalue weighted by atomic mass is 16.6. The number of nitrogens with one attached hydrogen (secondary N) is 1. The van der Waals surface area contributed by atoms with Crippen molar-refractivity contribution in [2.75, 3.05) is 13.1 Å². The minimum atomic E-state index is -0.407. The van der Waals surface area contributed by atoms with E-state index in [0.717, 1.165) is 19.5 Å². The van der Waals surface area contributed by atoms with E-state index in [1.807, 2.05) is 25.7 Å². The monoisotopic (exact) mass is 284 g/mol. The predicted molar refractivity (Wildman–Crippen MR) is 83.0 cm³/mol. The molecule has 4 heteroatoms. The van der Waals surface area contributed by atoms with Crippen molar-refractivity contribution in [2.24, 2.45) is 0 Å². The van der Waals surface area contributed by atoms with Crippen molar-refractivity contribution in [3.8, 4) is 0 Å². The Kier molecular flexibility index (Phi) is 6.80. The molecule has 1 aliphatic heterocycles. The number of carbonyl (C=O) groups is 1. The van der Waals surface area contributed by atoms with Crippen LogP contribution in [0.2, 0.25) is 0 Å². The SMILES string of the molecule is CCCC(CCC)NC1CCN(C(=O)OC(C)(C)C)C1. The molecule has 1 amide bonds. The molecule has 0 aliphatic carbocycles. The van der Waals surface area contributed by atoms with E-state index in [4.69, 9.17) is 4.74 Å². The lowest BCUT2D eigenvalue weighted by Gasteiger charge is -2.25. The number of ether oxygens (including phenoxy) is 1. The molecule has 118 valence electrons. The molecule has 1 unspecified atom stereocenters. The second-order valence-electron chi connectivity index (χ2n) is 6.85. The first-order valence-corrected chi connectivity index (χ1v) is 8.09. The van der Waals surface area contributed by atoms with Crippen LogP contribution >= 0.6 is 0 Å². The molecule has 1 aliphatic rings. The average Bonchev–Trinajstić information content (AvgIpc) is 2.76. The Morgan fingerprint density at radius 2 is 1.90 bits per heavy atom. The highest BCUT2D eigenvalue weighted by Gasteiger charge is 2.30. The Hall–Kier alpha value is -0.770. The molecule has 0 spiro atoms.